The number of H-pyrrole nitrogens is 1. The van der Waals surface area contributed by atoms with Crippen LogP contribution in [0.25, 0.3) is 17.1 Å². The summed E-state index contributed by atoms with van der Waals surface area (Å²) in [5.41, 5.74) is 6.47. The van der Waals surface area contributed by atoms with Gasteiger partial charge in [0, 0.05) is 31.3 Å². The largest absolute Gasteiger partial charge is 0.494 e. The van der Waals surface area contributed by atoms with E-state index >= 15 is 0 Å². The number of hydrogen-bond acceptors (Lipinski definition) is 4. The van der Waals surface area contributed by atoms with E-state index in [-0.39, 0.29) is 5.56 Å². The molecule has 2 heterocycles. The molecule has 0 radical (unpaired) electrons. The maximum Gasteiger partial charge on any atom is 0.278 e. The van der Waals surface area contributed by atoms with Gasteiger partial charge in [0.05, 0.1) is 18.0 Å². The van der Waals surface area contributed by atoms with Gasteiger partial charge in [-0.25, -0.2) is 4.98 Å². The van der Waals surface area contributed by atoms with Crippen molar-refractivity contribution < 1.29 is 4.74 Å². The molecule has 43 heavy (non-hydrogen) atoms. The molecule has 6 heteroatoms. The van der Waals surface area contributed by atoms with E-state index in [0.29, 0.717) is 31.0 Å². The molecule has 0 aromatic heterocycles. The molecule has 0 atom stereocenters. The molecule has 0 amide bonds. The van der Waals surface area contributed by atoms with Gasteiger partial charge in [0.2, 0.25) is 0 Å². The van der Waals surface area contributed by atoms with Crippen molar-refractivity contribution in [3.05, 3.63) is 136 Å². The SMILES string of the molecule is C=C(C)NCCCCCCCCOc1cccc(Cc2nc3c(Cc4ccccc4)[nH]c(-c4ccccc4)cn-3c2=O)c1. The Balaban J connectivity index is 1.24. The molecular formula is C37H42N4O2. The molecule has 0 bridgehead atoms. The van der Waals surface area contributed by atoms with Gasteiger partial charge in [0.25, 0.3) is 5.56 Å². The summed E-state index contributed by atoms with van der Waals surface area (Å²) in [4.78, 5) is 22.1. The summed E-state index contributed by atoms with van der Waals surface area (Å²) in [6.45, 7) is 7.58. The number of aromatic nitrogens is 3. The lowest BCUT2D eigenvalue weighted by Crippen LogP contribution is -2.17. The van der Waals surface area contributed by atoms with Crippen molar-refractivity contribution in [2.75, 3.05) is 13.2 Å². The number of benzene rings is 3. The second kappa shape index (κ2) is 15.1. The van der Waals surface area contributed by atoms with Crippen molar-refractivity contribution in [1.82, 2.24) is 19.9 Å². The van der Waals surface area contributed by atoms with Crippen LogP contribution in [-0.4, -0.2) is 27.7 Å². The lowest BCUT2D eigenvalue weighted by molar-refractivity contribution is 0.304. The maximum absolute atomic E-state index is 13.6. The average Bonchev–Trinajstić information content (AvgIpc) is 3.34. The standard InChI is InChI=1S/C37H42N4O2/c1-28(2)38-22-13-5-3-4-6-14-23-43-32-21-15-18-30(24-32)26-34-37(42)41-27-35(31-19-11-8-12-20-31)39-33(36(41)40-34)25-29-16-9-7-10-17-29/h7-12,15-21,24,27,38-39H,1,3-6,13-14,22-23,25-26H2,2H3. The summed E-state index contributed by atoms with van der Waals surface area (Å²) in [5.74, 6) is 1.51. The summed E-state index contributed by atoms with van der Waals surface area (Å²) >= 11 is 0. The van der Waals surface area contributed by atoms with Crippen molar-refractivity contribution in [2.45, 2.75) is 58.3 Å². The predicted octanol–water partition coefficient (Wildman–Crippen LogP) is 7.69. The Labute approximate surface area is 254 Å². The minimum Gasteiger partial charge on any atom is -0.494 e. The Morgan fingerprint density at radius 1 is 0.860 bits per heavy atom. The molecule has 0 aliphatic carbocycles. The molecule has 0 fully saturated rings. The van der Waals surface area contributed by atoms with Crippen molar-refractivity contribution in [3.63, 3.8) is 0 Å². The van der Waals surface area contributed by atoms with E-state index in [4.69, 9.17) is 9.72 Å². The van der Waals surface area contributed by atoms with Crippen molar-refractivity contribution in [1.29, 1.82) is 0 Å². The second-order valence-corrected chi connectivity index (χ2v) is 11.2. The van der Waals surface area contributed by atoms with Gasteiger partial charge in [-0.05, 0) is 48.6 Å². The number of nitrogens with zero attached hydrogens (tertiary/aromatic N) is 2. The van der Waals surface area contributed by atoms with Crippen LogP contribution >= 0.6 is 0 Å². The minimum absolute atomic E-state index is 0.0859. The molecule has 2 aliphatic heterocycles. The van der Waals surface area contributed by atoms with Gasteiger partial charge in [-0.15, -0.1) is 0 Å². The number of aromatic amines is 1. The zero-order valence-electron chi connectivity index (χ0n) is 25.1. The molecule has 222 valence electrons. The second-order valence-electron chi connectivity index (χ2n) is 11.2. The summed E-state index contributed by atoms with van der Waals surface area (Å²) in [6, 6.07) is 28.4. The van der Waals surface area contributed by atoms with Crippen LogP contribution < -0.4 is 15.6 Å². The van der Waals surface area contributed by atoms with Gasteiger partial charge < -0.3 is 15.0 Å². The fourth-order valence-corrected chi connectivity index (χ4v) is 5.34. The number of imidazole rings is 1. The summed E-state index contributed by atoms with van der Waals surface area (Å²) in [6.07, 6.45) is 10.1. The number of unbranched alkanes of at least 4 members (excludes halogenated alkanes) is 5. The van der Waals surface area contributed by atoms with E-state index in [1.54, 1.807) is 4.57 Å². The normalized spacial score (nSPS) is 11.1. The van der Waals surface area contributed by atoms with Gasteiger partial charge in [-0.3, -0.25) is 9.36 Å². The monoisotopic (exact) mass is 574 g/mol. The predicted molar refractivity (Wildman–Crippen MR) is 175 cm³/mol. The van der Waals surface area contributed by atoms with Gasteiger partial charge in [-0.1, -0.05) is 105 Å². The van der Waals surface area contributed by atoms with Crippen LogP contribution in [0.15, 0.2) is 108 Å². The molecule has 0 saturated heterocycles. The van der Waals surface area contributed by atoms with E-state index in [1.165, 1.54) is 32.1 Å². The third-order valence-corrected chi connectivity index (χ3v) is 7.59. The van der Waals surface area contributed by atoms with Crippen molar-refractivity contribution >= 4 is 0 Å². The van der Waals surface area contributed by atoms with Crippen LogP contribution in [-0.2, 0) is 12.8 Å². The minimum atomic E-state index is -0.0859. The molecule has 2 aliphatic rings. The van der Waals surface area contributed by atoms with Gasteiger partial charge >= 0.3 is 0 Å². The molecule has 2 N–H and O–H groups in total. The molecule has 5 rings (SSSR count). The van der Waals surface area contributed by atoms with Crippen LogP contribution in [0.3, 0.4) is 0 Å². The maximum atomic E-state index is 13.6. The quantitative estimate of drug-likeness (QED) is 0.119. The van der Waals surface area contributed by atoms with E-state index in [9.17, 15) is 4.79 Å². The Bertz CT molecular complexity index is 1620. The van der Waals surface area contributed by atoms with Crippen LogP contribution in [0.4, 0.5) is 0 Å². The highest BCUT2D eigenvalue weighted by Gasteiger charge is 2.20. The highest BCUT2D eigenvalue weighted by atomic mass is 16.5. The smallest absolute Gasteiger partial charge is 0.278 e. The fourth-order valence-electron chi connectivity index (χ4n) is 5.34. The van der Waals surface area contributed by atoms with E-state index < -0.39 is 0 Å². The number of nitrogens with one attached hydrogen (secondary N) is 2. The molecule has 0 spiro atoms. The first-order chi connectivity index (χ1) is 21.1. The van der Waals surface area contributed by atoms with Crippen LogP contribution in [0.5, 0.6) is 5.75 Å². The van der Waals surface area contributed by atoms with Gasteiger partial charge in [-0.2, -0.15) is 0 Å². The molecule has 0 saturated carbocycles. The lowest BCUT2D eigenvalue weighted by Gasteiger charge is -2.13. The summed E-state index contributed by atoms with van der Waals surface area (Å²) in [7, 11) is 0. The Morgan fingerprint density at radius 3 is 2.33 bits per heavy atom. The zero-order chi connectivity index (χ0) is 29.9. The first-order valence-electron chi connectivity index (χ1n) is 15.4. The van der Waals surface area contributed by atoms with Crippen LogP contribution in [0.1, 0.15) is 68.0 Å². The molecule has 3 aromatic rings. The molecular weight excluding hydrogens is 532 g/mol. The third kappa shape index (κ3) is 8.48. The molecule has 3 aromatic carbocycles. The Hall–Kier alpha value is -4.58. The first-order valence-corrected chi connectivity index (χ1v) is 15.4. The van der Waals surface area contributed by atoms with Crippen molar-refractivity contribution in [3.8, 4) is 22.8 Å². The number of ether oxygens (including phenoxy) is 1. The number of hydrogen-bond donors (Lipinski definition) is 2. The van der Waals surface area contributed by atoms with Gasteiger partial charge in [0.15, 0.2) is 5.82 Å². The van der Waals surface area contributed by atoms with Crippen LogP contribution in [0.2, 0.25) is 0 Å². The number of rotatable bonds is 16. The van der Waals surface area contributed by atoms with Crippen molar-refractivity contribution in [2.24, 2.45) is 0 Å². The van der Waals surface area contributed by atoms with Crippen LogP contribution in [0, 0.1) is 0 Å². The third-order valence-electron chi connectivity index (χ3n) is 7.59. The summed E-state index contributed by atoms with van der Waals surface area (Å²) in [5, 5.41) is 3.29. The molecule has 6 nitrogen and oxygen atoms in total. The summed E-state index contributed by atoms with van der Waals surface area (Å²) < 4.78 is 7.76. The highest BCUT2D eigenvalue weighted by Crippen LogP contribution is 2.24. The first kappa shape index (κ1) is 29.9. The number of fused-ring (bicyclic) bond motifs is 1. The van der Waals surface area contributed by atoms with E-state index in [2.05, 4.69) is 29.0 Å². The average molecular weight is 575 g/mol. The zero-order valence-corrected chi connectivity index (χ0v) is 25.1. The van der Waals surface area contributed by atoms with Gasteiger partial charge in [0.1, 0.15) is 11.4 Å². The topological polar surface area (TPSA) is 71.9 Å². The van der Waals surface area contributed by atoms with E-state index in [0.717, 1.165) is 52.5 Å². The van der Waals surface area contributed by atoms with E-state index in [1.807, 2.05) is 85.9 Å². The molecule has 0 unspecified atom stereocenters. The number of allylic oxidation sites excluding steroid dienone is 1. The lowest BCUT2D eigenvalue weighted by atomic mass is 10.1. The highest BCUT2D eigenvalue weighted by molar-refractivity contribution is 5.60. The Morgan fingerprint density at radius 2 is 1.56 bits per heavy atom. The Kier molecular flexibility index (Phi) is 10.5. The fraction of sp³-hybridized carbons (Fsp3) is 0.297.